The van der Waals surface area contributed by atoms with E-state index >= 15 is 0 Å². The van der Waals surface area contributed by atoms with Crippen molar-refractivity contribution in [3.63, 3.8) is 0 Å². The molecule has 1 amide bonds. The molecule has 3 atom stereocenters. The van der Waals surface area contributed by atoms with Crippen molar-refractivity contribution in [2.45, 2.75) is 70.8 Å². The molecule has 3 unspecified atom stereocenters. The third-order valence-corrected chi connectivity index (χ3v) is 9.17. The van der Waals surface area contributed by atoms with Crippen molar-refractivity contribution >= 4 is 79.3 Å². The van der Waals surface area contributed by atoms with Crippen molar-refractivity contribution in [3.8, 4) is 0 Å². The van der Waals surface area contributed by atoms with E-state index in [-0.39, 0.29) is 48.3 Å². The van der Waals surface area contributed by atoms with Gasteiger partial charge < -0.3 is 15.0 Å². The molecule has 2 aromatic carbocycles. The highest BCUT2D eigenvalue weighted by molar-refractivity contribution is 9.10. The van der Waals surface area contributed by atoms with Gasteiger partial charge in [-0.2, -0.15) is 0 Å². The van der Waals surface area contributed by atoms with Gasteiger partial charge in [0.15, 0.2) is 0 Å². The van der Waals surface area contributed by atoms with E-state index in [0.29, 0.717) is 64.2 Å². The number of amides is 1. The van der Waals surface area contributed by atoms with E-state index in [1.54, 1.807) is 26.0 Å². The first-order valence-electron chi connectivity index (χ1n) is 14.2. The Labute approximate surface area is 273 Å². The highest BCUT2D eigenvalue weighted by Crippen LogP contribution is 2.39. The van der Waals surface area contributed by atoms with Gasteiger partial charge in [-0.3, -0.25) is 9.59 Å². The molecule has 2 heterocycles. The van der Waals surface area contributed by atoms with E-state index in [4.69, 9.17) is 44.5 Å². The first kappa shape index (κ1) is 33.7. The largest absolute Gasteiger partial charge is 0.431 e. The van der Waals surface area contributed by atoms with Crippen LogP contribution in [0.2, 0.25) is 15.1 Å². The van der Waals surface area contributed by atoms with Crippen LogP contribution in [-0.2, 0) is 9.53 Å². The monoisotopic (exact) mass is 717 g/mol. The molecule has 6 nitrogen and oxygen atoms in total. The fraction of sp³-hybridized carbons (Fsp3) is 0.452. The molecule has 12 heteroatoms. The summed E-state index contributed by atoms with van der Waals surface area (Å²) in [5.74, 6) is -1.07. The molecule has 1 saturated heterocycles. The normalized spacial score (nSPS) is 16.7. The van der Waals surface area contributed by atoms with Crippen molar-refractivity contribution in [1.82, 2.24) is 10.3 Å². The lowest BCUT2D eigenvalue weighted by atomic mass is 9.93. The van der Waals surface area contributed by atoms with Crippen LogP contribution in [0.3, 0.4) is 0 Å². The minimum absolute atomic E-state index is 0.0444. The van der Waals surface area contributed by atoms with E-state index < -0.39 is 24.4 Å². The topological polar surface area (TPSA) is 71.5 Å². The highest BCUT2D eigenvalue weighted by Gasteiger charge is 2.27. The minimum Gasteiger partial charge on any atom is -0.431 e. The van der Waals surface area contributed by atoms with Crippen molar-refractivity contribution in [2.24, 2.45) is 0 Å². The van der Waals surface area contributed by atoms with Gasteiger partial charge in [0.1, 0.15) is 12.0 Å². The minimum atomic E-state index is -1.68. The number of halogens is 6. The second kappa shape index (κ2) is 15.2. The van der Waals surface area contributed by atoms with Gasteiger partial charge in [-0.15, -0.1) is 0 Å². The summed E-state index contributed by atoms with van der Waals surface area (Å²) in [6, 6.07) is 8.63. The number of nitrogens with zero attached hydrogens (tertiary/aromatic N) is 2. The van der Waals surface area contributed by atoms with E-state index in [1.807, 2.05) is 23.1 Å². The van der Waals surface area contributed by atoms with Crippen molar-refractivity contribution in [1.29, 1.82) is 0 Å². The fourth-order valence-corrected chi connectivity index (χ4v) is 6.59. The number of carbonyl (C=O) groups excluding carboxylic acids is 2. The molecule has 1 aliphatic rings. The van der Waals surface area contributed by atoms with Crippen LogP contribution in [0.15, 0.2) is 34.8 Å². The summed E-state index contributed by atoms with van der Waals surface area (Å²) in [5.41, 5.74) is 2.10. The molecule has 1 aromatic heterocycles. The Morgan fingerprint density at radius 2 is 1.93 bits per heavy atom. The van der Waals surface area contributed by atoms with Crippen LogP contribution in [-0.4, -0.2) is 49.0 Å². The van der Waals surface area contributed by atoms with Gasteiger partial charge in [-0.05, 0) is 68.5 Å². The third-order valence-electron chi connectivity index (χ3n) is 7.52. The number of carbonyl (C=O) groups is 2. The Hall–Kier alpha value is -2.20. The molecule has 232 valence electrons. The maximum atomic E-state index is 14.3. The predicted octanol–water partition coefficient (Wildman–Crippen LogP) is 9.14. The number of pyridine rings is 1. The first-order chi connectivity index (χ1) is 20.5. The quantitative estimate of drug-likeness (QED) is 0.158. The lowest BCUT2D eigenvalue weighted by Gasteiger charge is -2.32. The number of aromatic nitrogens is 1. The second-order valence-electron chi connectivity index (χ2n) is 10.7. The summed E-state index contributed by atoms with van der Waals surface area (Å²) >= 11 is 22.9. The van der Waals surface area contributed by atoms with Gasteiger partial charge >= 0.3 is 5.97 Å². The Morgan fingerprint density at radius 1 is 1.19 bits per heavy atom. The summed E-state index contributed by atoms with van der Waals surface area (Å²) in [6.45, 7) is 4.49. The molecule has 43 heavy (non-hydrogen) atoms. The predicted molar refractivity (Wildman–Crippen MR) is 172 cm³/mol. The number of rotatable bonds is 11. The zero-order chi connectivity index (χ0) is 31.3. The standard InChI is InChI=1S/C31H33BrCl3F2N3O3/c1-3-5-25(37)43-26(41)12-7-18(28-22(33)9-10-23(34)29(28)35)15-38-31(42)27-17(2)30(40-13-4-6-20(36)16-40)39-24-11-8-19(32)14-21(24)27/h8-11,14,18,20,25H,3-7,12-13,15-16H2,1-2H3,(H,38,42). The van der Waals surface area contributed by atoms with Crippen molar-refractivity contribution in [2.75, 3.05) is 24.5 Å². The molecular weight excluding hydrogens is 687 g/mol. The Morgan fingerprint density at radius 3 is 2.65 bits per heavy atom. The number of benzene rings is 2. The molecule has 4 rings (SSSR count). The van der Waals surface area contributed by atoms with Crippen LogP contribution in [0.25, 0.3) is 10.9 Å². The molecule has 0 saturated carbocycles. The highest BCUT2D eigenvalue weighted by atomic mass is 79.9. The van der Waals surface area contributed by atoms with Crippen molar-refractivity contribution < 1.29 is 23.1 Å². The number of nitrogens with one attached hydrogen (secondary N) is 1. The molecule has 1 fully saturated rings. The van der Waals surface area contributed by atoms with E-state index in [2.05, 4.69) is 21.2 Å². The first-order valence-corrected chi connectivity index (χ1v) is 16.2. The number of ether oxygens (including phenoxy) is 1. The van der Waals surface area contributed by atoms with Crippen LogP contribution in [0.5, 0.6) is 0 Å². The molecule has 0 spiro atoms. The molecule has 1 aliphatic heterocycles. The third kappa shape index (κ3) is 8.29. The Kier molecular flexibility index (Phi) is 11.9. The average molecular weight is 720 g/mol. The zero-order valence-corrected chi connectivity index (χ0v) is 27.7. The summed E-state index contributed by atoms with van der Waals surface area (Å²) in [5, 5.41) is 4.41. The zero-order valence-electron chi connectivity index (χ0n) is 23.9. The number of hydrogen-bond acceptors (Lipinski definition) is 5. The second-order valence-corrected chi connectivity index (χ2v) is 12.8. The average Bonchev–Trinajstić information content (AvgIpc) is 2.95. The molecule has 3 aromatic rings. The molecule has 0 bridgehead atoms. The smallest absolute Gasteiger partial charge is 0.308 e. The fourth-order valence-electron chi connectivity index (χ4n) is 5.39. The van der Waals surface area contributed by atoms with Crippen LogP contribution in [0.1, 0.15) is 72.9 Å². The van der Waals surface area contributed by atoms with Crippen LogP contribution >= 0.6 is 50.7 Å². The van der Waals surface area contributed by atoms with Crippen LogP contribution < -0.4 is 10.2 Å². The van der Waals surface area contributed by atoms with Crippen LogP contribution in [0, 0.1) is 6.92 Å². The van der Waals surface area contributed by atoms with E-state index in [9.17, 15) is 18.4 Å². The Balaban J connectivity index is 1.65. The SMILES string of the molecule is CCCC(F)OC(=O)CCC(CNC(=O)c1c(C)c(N2CCCC(F)C2)nc2ccc(Br)cc12)c1c(Cl)ccc(Cl)c1Cl. The summed E-state index contributed by atoms with van der Waals surface area (Å²) < 4.78 is 33.9. The molecule has 1 N–H and O–H groups in total. The van der Waals surface area contributed by atoms with Gasteiger partial charge in [-0.1, -0.05) is 57.7 Å². The number of piperidine rings is 1. The van der Waals surface area contributed by atoms with Gasteiger partial charge in [0.25, 0.3) is 5.91 Å². The summed E-state index contributed by atoms with van der Waals surface area (Å²) in [6.07, 6.45) is -0.789. The van der Waals surface area contributed by atoms with E-state index in [1.165, 1.54) is 0 Å². The van der Waals surface area contributed by atoms with Gasteiger partial charge in [0, 0.05) is 52.3 Å². The number of hydrogen-bond donors (Lipinski definition) is 1. The number of fused-ring (bicyclic) bond motifs is 1. The van der Waals surface area contributed by atoms with Crippen molar-refractivity contribution in [3.05, 3.63) is 66.6 Å². The summed E-state index contributed by atoms with van der Waals surface area (Å²) in [7, 11) is 0. The maximum Gasteiger partial charge on any atom is 0.308 e. The lowest BCUT2D eigenvalue weighted by molar-refractivity contribution is -0.158. The maximum absolute atomic E-state index is 14.3. The van der Waals surface area contributed by atoms with E-state index in [0.717, 1.165) is 4.47 Å². The number of alkyl halides is 2. The van der Waals surface area contributed by atoms with Crippen LogP contribution in [0.4, 0.5) is 14.6 Å². The molecule has 0 aliphatic carbocycles. The van der Waals surface area contributed by atoms with Gasteiger partial charge in [0.05, 0.1) is 27.7 Å². The summed E-state index contributed by atoms with van der Waals surface area (Å²) in [4.78, 5) is 33.0. The molecule has 0 radical (unpaired) electrons. The van der Waals surface area contributed by atoms with Gasteiger partial charge in [0.2, 0.25) is 6.36 Å². The van der Waals surface area contributed by atoms with Gasteiger partial charge in [-0.25, -0.2) is 13.8 Å². The lowest BCUT2D eigenvalue weighted by Crippen LogP contribution is -2.38. The number of esters is 1. The molecular formula is C31H33BrCl3F2N3O3. The number of anilines is 1. The Bertz CT molecular complexity index is 1500.